The van der Waals surface area contributed by atoms with Crippen LogP contribution >= 0.6 is 22.6 Å². The van der Waals surface area contributed by atoms with Gasteiger partial charge in [0.05, 0.1) is 0 Å². The summed E-state index contributed by atoms with van der Waals surface area (Å²) in [6.45, 7) is 0.741. The quantitative estimate of drug-likeness (QED) is 0.386. The van der Waals surface area contributed by atoms with Crippen LogP contribution in [0.2, 0.25) is 0 Å². The number of hydrogen-bond acceptors (Lipinski definition) is 0. The van der Waals surface area contributed by atoms with E-state index in [1.807, 2.05) is 12.1 Å². The molecule has 0 unspecified atom stereocenters. The van der Waals surface area contributed by atoms with Crippen molar-refractivity contribution < 1.29 is 4.39 Å². The third-order valence-electron chi connectivity index (χ3n) is 3.99. The van der Waals surface area contributed by atoms with E-state index in [0.717, 1.165) is 12.1 Å². The molecule has 0 aliphatic carbocycles. The second-order valence-electron chi connectivity index (χ2n) is 5.39. The minimum Gasteiger partial charge on any atom is -0.336 e. The van der Waals surface area contributed by atoms with Crippen LogP contribution in [0.4, 0.5) is 4.39 Å². The maximum atomic E-state index is 13.1. The van der Waals surface area contributed by atoms with Crippen LogP contribution in [0, 0.1) is 9.39 Å². The average Bonchev–Trinajstić information content (AvgIpc) is 2.83. The summed E-state index contributed by atoms with van der Waals surface area (Å²) in [6, 6.07) is 21.7. The molecule has 0 N–H and O–H groups in total. The van der Waals surface area contributed by atoms with Crippen LogP contribution in [-0.2, 0) is 6.54 Å². The second kappa shape index (κ2) is 5.39. The zero-order chi connectivity index (χ0) is 15.1. The number of nitrogens with zero attached hydrogens (tertiary/aromatic N) is 1. The van der Waals surface area contributed by atoms with E-state index in [2.05, 4.69) is 69.6 Å². The molecule has 1 nitrogen and oxygen atoms in total. The van der Waals surface area contributed by atoms with Gasteiger partial charge in [-0.15, -0.1) is 0 Å². The van der Waals surface area contributed by atoms with E-state index in [1.54, 1.807) is 0 Å². The third-order valence-corrected chi connectivity index (χ3v) is 4.66. The predicted molar refractivity (Wildman–Crippen MR) is 97.7 cm³/mol. The highest BCUT2D eigenvalue weighted by Gasteiger charge is 2.10. The Morgan fingerprint density at radius 3 is 2.36 bits per heavy atom. The van der Waals surface area contributed by atoms with Gasteiger partial charge in [-0.05, 0) is 64.6 Å². The Hall–Kier alpha value is -1.88. The van der Waals surface area contributed by atoms with Crippen molar-refractivity contribution in [3.05, 3.63) is 81.7 Å². The Morgan fingerprint density at radius 1 is 0.818 bits per heavy atom. The van der Waals surface area contributed by atoms with Crippen LogP contribution in [0.15, 0.2) is 66.7 Å². The fraction of sp³-hybridized carbons (Fsp3) is 0.0526. The Labute approximate surface area is 141 Å². The summed E-state index contributed by atoms with van der Waals surface area (Å²) in [5, 5.41) is 2.53. The molecule has 22 heavy (non-hydrogen) atoms. The maximum absolute atomic E-state index is 13.1. The Balaban J connectivity index is 1.96. The van der Waals surface area contributed by atoms with Crippen LogP contribution in [0.1, 0.15) is 5.56 Å². The van der Waals surface area contributed by atoms with Gasteiger partial charge in [0.2, 0.25) is 0 Å². The number of aromatic nitrogens is 1. The minimum atomic E-state index is -0.194. The lowest BCUT2D eigenvalue weighted by Crippen LogP contribution is -1.99. The normalized spacial score (nSPS) is 11.4. The van der Waals surface area contributed by atoms with Crippen LogP contribution in [-0.4, -0.2) is 4.57 Å². The molecule has 0 saturated carbocycles. The highest BCUT2D eigenvalue weighted by Crippen LogP contribution is 2.30. The van der Waals surface area contributed by atoms with E-state index in [4.69, 9.17) is 0 Å². The molecule has 0 aliphatic heterocycles. The summed E-state index contributed by atoms with van der Waals surface area (Å²) in [6.07, 6.45) is 0. The zero-order valence-electron chi connectivity index (χ0n) is 11.8. The number of hydrogen-bond donors (Lipinski definition) is 0. The average molecular weight is 401 g/mol. The van der Waals surface area contributed by atoms with Crippen molar-refractivity contribution in [2.45, 2.75) is 6.54 Å². The zero-order valence-corrected chi connectivity index (χ0v) is 13.9. The molecular formula is C19H13FIN. The van der Waals surface area contributed by atoms with Crippen LogP contribution in [0.5, 0.6) is 0 Å². The molecule has 0 amide bonds. The summed E-state index contributed by atoms with van der Waals surface area (Å²) in [4.78, 5) is 0. The molecular weight excluding hydrogens is 388 g/mol. The lowest BCUT2D eigenvalue weighted by atomic mass is 10.2. The van der Waals surface area contributed by atoms with Gasteiger partial charge in [0.1, 0.15) is 5.82 Å². The molecule has 4 aromatic rings. The van der Waals surface area contributed by atoms with Gasteiger partial charge >= 0.3 is 0 Å². The molecule has 3 heteroatoms. The van der Waals surface area contributed by atoms with E-state index in [0.29, 0.717) is 0 Å². The second-order valence-corrected chi connectivity index (χ2v) is 6.64. The lowest BCUT2D eigenvalue weighted by Gasteiger charge is -2.08. The van der Waals surface area contributed by atoms with E-state index in [9.17, 15) is 4.39 Å². The summed E-state index contributed by atoms with van der Waals surface area (Å²) in [5.41, 5.74) is 3.53. The van der Waals surface area contributed by atoms with Gasteiger partial charge in [-0.2, -0.15) is 0 Å². The predicted octanol–water partition coefficient (Wildman–Crippen LogP) is 5.59. The van der Waals surface area contributed by atoms with Gasteiger partial charge in [0.25, 0.3) is 0 Å². The van der Waals surface area contributed by atoms with Crippen molar-refractivity contribution in [1.29, 1.82) is 0 Å². The Bertz CT molecular complexity index is 970. The summed E-state index contributed by atoms with van der Waals surface area (Å²) in [5.74, 6) is -0.194. The summed E-state index contributed by atoms with van der Waals surface area (Å²) >= 11 is 2.35. The number of benzene rings is 3. The first-order chi connectivity index (χ1) is 10.7. The maximum Gasteiger partial charge on any atom is 0.123 e. The highest BCUT2D eigenvalue weighted by atomic mass is 127. The smallest absolute Gasteiger partial charge is 0.123 e. The molecule has 0 saturated heterocycles. The van der Waals surface area contributed by atoms with E-state index in [1.165, 1.54) is 37.5 Å². The number of halogens is 2. The first-order valence-electron chi connectivity index (χ1n) is 7.13. The molecule has 3 aromatic carbocycles. The Kier molecular flexibility index (Phi) is 3.37. The first kappa shape index (κ1) is 13.8. The summed E-state index contributed by atoms with van der Waals surface area (Å²) in [7, 11) is 0. The van der Waals surface area contributed by atoms with Crippen molar-refractivity contribution in [1.82, 2.24) is 4.57 Å². The third kappa shape index (κ3) is 2.29. The molecule has 0 fully saturated rings. The van der Waals surface area contributed by atoms with Gasteiger partial charge in [-0.1, -0.05) is 30.3 Å². The van der Waals surface area contributed by atoms with Crippen molar-refractivity contribution >= 4 is 44.4 Å². The molecule has 1 heterocycles. The first-order valence-corrected chi connectivity index (χ1v) is 8.21. The molecule has 1 aromatic heterocycles. The molecule has 0 aliphatic rings. The van der Waals surface area contributed by atoms with Gasteiger partial charge < -0.3 is 4.57 Å². The lowest BCUT2D eigenvalue weighted by molar-refractivity contribution is 0.626. The van der Waals surface area contributed by atoms with E-state index in [-0.39, 0.29) is 5.82 Å². The van der Waals surface area contributed by atoms with Gasteiger partial charge in [0.15, 0.2) is 0 Å². The van der Waals surface area contributed by atoms with Crippen molar-refractivity contribution in [2.24, 2.45) is 0 Å². The fourth-order valence-electron chi connectivity index (χ4n) is 2.97. The van der Waals surface area contributed by atoms with Crippen LogP contribution in [0.3, 0.4) is 0 Å². The highest BCUT2D eigenvalue weighted by molar-refractivity contribution is 14.1. The van der Waals surface area contributed by atoms with Gasteiger partial charge in [-0.3, -0.25) is 0 Å². The van der Waals surface area contributed by atoms with Crippen LogP contribution in [0.25, 0.3) is 21.8 Å². The van der Waals surface area contributed by atoms with Crippen molar-refractivity contribution in [3.8, 4) is 0 Å². The topological polar surface area (TPSA) is 4.93 Å². The molecule has 4 rings (SSSR count). The van der Waals surface area contributed by atoms with Crippen molar-refractivity contribution in [3.63, 3.8) is 0 Å². The number of para-hydroxylation sites is 1. The molecule has 108 valence electrons. The SMILES string of the molecule is Fc1ccc(Cn2c3ccccc3c3cc(I)ccc32)cc1. The standard InChI is InChI=1S/C19H13FIN/c20-14-7-5-13(6-8-14)12-22-18-4-2-1-3-16(18)17-11-15(21)9-10-19(17)22/h1-11H,12H2. The number of fused-ring (bicyclic) bond motifs is 3. The van der Waals surface area contributed by atoms with E-state index < -0.39 is 0 Å². The van der Waals surface area contributed by atoms with Crippen molar-refractivity contribution in [2.75, 3.05) is 0 Å². The summed E-state index contributed by atoms with van der Waals surface area (Å²) < 4.78 is 16.6. The van der Waals surface area contributed by atoms with E-state index >= 15 is 0 Å². The van der Waals surface area contributed by atoms with Crippen LogP contribution < -0.4 is 0 Å². The largest absolute Gasteiger partial charge is 0.336 e. The Morgan fingerprint density at radius 2 is 1.55 bits per heavy atom. The van der Waals surface area contributed by atoms with Gasteiger partial charge in [-0.25, -0.2) is 4.39 Å². The van der Waals surface area contributed by atoms with Gasteiger partial charge in [0, 0.05) is 31.9 Å². The minimum absolute atomic E-state index is 0.194. The monoisotopic (exact) mass is 401 g/mol. The number of rotatable bonds is 2. The molecule has 0 bridgehead atoms. The fourth-order valence-corrected chi connectivity index (χ4v) is 3.46. The molecule has 0 spiro atoms. The molecule has 0 atom stereocenters. The molecule has 0 radical (unpaired) electrons.